The largest absolute Gasteiger partial charge is 0.444 e. The summed E-state index contributed by atoms with van der Waals surface area (Å²) in [7, 11) is 0. The summed E-state index contributed by atoms with van der Waals surface area (Å²) < 4.78 is 11.9. The van der Waals surface area contributed by atoms with Crippen molar-refractivity contribution in [3.63, 3.8) is 0 Å². The molecule has 0 spiro atoms. The van der Waals surface area contributed by atoms with Crippen LogP contribution >= 0.6 is 0 Å². The highest BCUT2D eigenvalue weighted by Gasteiger charge is 2.49. The summed E-state index contributed by atoms with van der Waals surface area (Å²) in [6.45, 7) is 11.5. The zero-order valence-corrected chi connectivity index (χ0v) is 22.8. The van der Waals surface area contributed by atoms with Gasteiger partial charge in [0.25, 0.3) is 0 Å². The van der Waals surface area contributed by atoms with Crippen LogP contribution in [0.15, 0.2) is 89.9 Å². The SMILES string of the molecule is C[C@@H]1OC(C)(C)N(C(=O)OC(C)(C)C)[C@H]1CCc1ccc(N=C(c2ccccc2)c2ccccc2)cc1. The van der Waals surface area contributed by atoms with Gasteiger partial charge in [0.05, 0.1) is 23.5 Å². The molecule has 37 heavy (non-hydrogen) atoms. The van der Waals surface area contributed by atoms with Crippen molar-refractivity contribution >= 4 is 17.5 Å². The summed E-state index contributed by atoms with van der Waals surface area (Å²) in [5, 5.41) is 0. The number of nitrogens with zero attached hydrogens (tertiary/aromatic N) is 2. The van der Waals surface area contributed by atoms with Crippen molar-refractivity contribution in [3.05, 3.63) is 102 Å². The van der Waals surface area contributed by atoms with Crippen LogP contribution in [0.4, 0.5) is 10.5 Å². The smallest absolute Gasteiger partial charge is 0.412 e. The second-order valence-corrected chi connectivity index (χ2v) is 11.1. The fourth-order valence-electron chi connectivity index (χ4n) is 4.90. The quantitative estimate of drug-likeness (QED) is 0.330. The molecular weight excluding hydrogens is 460 g/mol. The van der Waals surface area contributed by atoms with Gasteiger partial charge in [-0.05, 0) is 72.1 Å². The lowest BCUT2D eigenvalue weighted by molar-refractivity contribution is -0.0757. The zero-order chi connectivity index (χ0) is 26.6. The third-order valence-corrected chi connectivity index (χ3v) is 6.52. The average molecular weight is 499 g/mol. The third kappa shape index (κ3) is 6.66. The van der Waals surface area contributed by atoms with E-state index < -0.39 is 11.3 Å². The van der Waals surface area contributed by atoms with Crippen LogP contribution in [-0.4, -0.2) is 40.2 Å². The van der Waals surface area contributed by atoms with E-state index in [-0.39, 0.29) is 18.2 Å². The lowest BCUT2D eigenvalue weighted by atomic mass is 10.0. The molecular formula is C32H38N2O3. The Labute approximate surface area is 221 Å². The van der Waals surface area contributed by atoms with Crippen LogP contribution in [-0.2, 0) is 15.9 Å². The highest BCUT2D eigenvalue weighted by Crippen LogP contribution is 2.35. The van der Waals surface area contributed by atoms with E-state index in [0.717, 1.165) is 35.4 Å². The molecule has 3 aromatic rings. The fourth-order valence-corrected chi connectivity index (χ4v) is 4.90. The Morgan fingerprint density at radius 2 is 1.46 bits per heavy atom. The monoisotopic (exact) mass is 498 g/mol. The molecule has 1 fully saturated rings. The molecule has 1 aliphatic heterocycles. The summed E-state index contributed by atoms with van der Waals surface area (Å²) in [6, 6.07) is 28.8. The van der Waals surface area contributed by atoms with Gasteiger partial charge in [-0.3, -0.25) is 4.90 Å². The Kier molecular flexibility index (Phi) is 7.84. The number of aryl methyl sites for hydroxylation is 1. The van der Waals surface area contributed by atoms with E-state index in [4.69, 9.17) is 14.5 Å². The maximum atomic E-state index is 13.0. The highest BCUT2D eigenvalue weighted by atomic mass is 16.6. The molecule has 0 N–H and O–H groups in total. The fraction of sp³-hybridized carbons (Fsp3) is 0.375. The van der Waals surface area contributed by atoms with Crippen molar-refractivity contribution < 1.29 is 14.3 Å². The van der Waals surface area contributed by atoms with E-state index in [1.807, 2.05) is 77.9 Å². The molecule has 1 aliphatic rings. The van der Waals surface area contributed by atoms with Crippen molar-refractivity contribution in [1.82, 2.24) is 4.90 Å². The van der Waals surface area contributed by atoms with Gasteiger partial charge in [0.15, 0.2) is 0 Å². The number of carbonyl (C=O) groups excluding carboxylic acids is 1. The number of carbonyl (C=O) groups is 1. The predicted molar refractivity (Wildman–Crippen MR) is 149 cm³/mol. The van der Waals surface area contributed by atoms with E-state index in [1.165, 1.54) is 5.56 Å². The molecule has 4 rings (SSSR count). The Morgan fingerprint density at radius 1 is 0.919 bits per heavy atom. The molecule has 1 amide bonds. The van der Waals surface area contributed by atoms with Crippen molar-refractivity contribution in [2.24, 2.45) is 4.99 Å². The summed E-state index contributed by atoms with van der Waals surface area (Å²) in [4.78, 5) is 19.8. The van der Waals surface area contributed by atoms with E-state index in [0.29, 0.717) is 0 Å². The van der Waals surface area contributed by atoms with Crippen molar-refractivity contribution in [2.45, 2.75) is 77.9 Å². The van der Waals surface area contributed by atoms with Gasteiger partial charge < -0.3 is 9.47 Å². The number of hydrogen-bond donors (Lipinski definition) is 0. The van der Waals surface area contributed by atoms with Crippen LogP contribution in [0.3, 0.4) is 0 Å². The lowest BCUT2D eigenvalue weighted by Gasteiger charge is -2.35. The van der Waals surface area contributed by atoms with Crippen molar-refractivity contribution in [2.75, 3.05) is 0 Å². The maximum absolute atomic E-state index is 13.0. The van der Waals surface area contributed by atoms with Gasteiger partial charge in [0.1, 0.15) is 11.3 Å². The standard InChI is InChI=1S/C32H38N2O3/c1-23-28(34(32(5,6)36-23)30(35)37-31(2,3)4)22-19-24-17-20-27(21-18-24)33-29(25-13-9-7-10-14-25)26-15-11-8-12-16-26/h7-18,20-21,23,28H,19,22H2,1-6H3/t23-,28-/m0/s1. The Balaban J connectivity index is 1.50. The van der Waals surface area contributed by atoms with Crippen molar-refractivity contribution in [1.29, 1.82) is 0 Å². The molecule has 0 unspecified atom stereocenters. The molecule has 1 heterocycles. The molecule has 1 saturated heterocycles. The molecule has 2 atom stereocenters. The molecule has 3 aromatic carbocycles. The summed E-state index contributed by atoms with van der Waals surface area (Å²) in [5.74, 6) is 0. The summed E-state index contributed by atoms with van der Waals surface area (Å²) >= 11 is 0. The van der Waals surface area contributed by atoms with Crippen LogP contribution in [0.5, 0.6) is 0 Å². The van der Waals surface area contributed by atoms with E-state index in [2.05, 4.69) is 48.5 Å². The molecule has 0 aliphatic carbocycles. The number of amides is 1. The van der Waals surface area contributed by atoms with Crippen LogP contribution < -0.4 is 0 Å². The van der Waals surface area contributed by atoms with Crippen LogP contribution in [0.25, 0.3) is 0 Å². The summed E-state index contributed by atoms with van der Waals surface area (Å²) in [5.41, 5.74) is 3.94. The number of ether oxygens (including phenoxy) is 2. The van der Waals surface area contributed by atoms with E-state index in [9.17, 15) is 4.79 Å². The molecule has 5 heteroatoms. The van der Waals surface area contributed by atoms with Gasteiger partial charge in [-0.2, -0.15) is 0 Å². The average Bonchev–Trinajstić information content (AvgIpc) is 3.09. The number of hydrogen-bond acceptors (Lipinski definition) is 4. The zero-order valence-electron chi connectivity index (χ0n) is 22.8. The summed E-state index contributed by atoms with van der Waals surface area (Å²) in [6.07, 6.45) is 1.20. The highest BCUT2D eigenvalue weighted by molar-refractivity contribution is 6.13. The van der Waals surface area contributed by atoms with E-state index >= 15 is 0 Å². The van der Waals surface area contributed by atoms with Gasteiger partial charge in [-0.25, -0.2) is 9.79 Å². The second-order valence-electron chi connectivity index (χ2n) is 11.1. The third-order valence-electron chi connectivity index (χ3n) is 6.52. The first-order valence-corrected chi connectivity index (χ1v) is 13.0. The topological polar surface area (TPSA) is 51.1 Å². The second kappa shape index (κ2) is 10.9. The first-order chi connectivity index (χ1) is 17.5. The number of benzene rings is 3. The van der Waals surface area contributed by atoms with Crippen LogP contribution in [0.2, 0.25) is 0 Å². The maximum Gasteiger partial charge on any atom is 0.412 e. The number of aliphatic imine (C=N–C) groups is 1. The Bertz CT molecular complexity index is 1170. The Hall–Kier alpha value is -3.44. The van der Waals surface area contributed by atoms with Gasteiger partial charge in [0.2, 0.25) is 0 Å². The minimum Gasteiger partial charge on any atom is -0.444 e. The lowest BCUT2D eigenvalue weighted by Crippen LogP contribution is -2.50. The first kappa shape index (κ1) is 26.6. The normalized spacial score (nSPS) is 18.9. The molecule has 5 nitrogen and oxygen atoms in total. The van der Waals surface area contributed by atoms with Gasteiger partial charge in [-0.1, -0.05) is 72.8 Å². The molecule has 194 valence electrons. The van der Waals surface area contributed by atoms with Gasteiger partial charge in [-0.15, -0.1) is 0 Å². The molecule has 0 saturated carbocycles. The van der Waals surface area contributed by atoms with Crippen LogP contribution in [0, 0.1) is 0 Å². The van der Waals surface area contributed by atoms with Gasteiger partial charge >= 0.3 is 6.09 Å². The number of rotatable bonds is 6. The van der Waals surface area contributed by atoms with Gasteiger partial charge in [0, 0.05) is 11.1 Å². The Morgan fingerprint density at radius 3 is 1.97 bits per heavy atom. The van der Waals surface area contributed by atoms with Crippen molar-refractivity contribution in [3.8, 4) is 0 Å². The predicted octanol–water partition coefficient (Wildman–Crippen LogP) is 7.55. The van der Waals surface area contributed by atoms with E-state index in [1.54, 1.807) is 4.90 Å². The minimum atomic E-state index is -0.712. The molecule has 0 radical (unpaired) electrons. The van der Waals surface area contributed by atoms with Crippen LogP contribution in [0.1, 0.15) is 64.7 Å². The molecule has 0 aromatic heterocycles. The minimum absolute atomic E-state index is 0.0645. The molecule has 0 bridgehead atoms. The first-order valence-electron chi connectivity index (χ1n) is 13.0.